The minimum atomic E-state index is -0.379. The van der Waals surface area contributed by atoms with Crippen molar-refractivity contribution in [3.8, 4) is 5.88 Å². The number of aromatic nitrogens is 1. The van der Waals surface area contributed by atoms with Crippen LogP contribution in [0.15, 0.2) is 18.3 Å². The molecule has 0 bridgehead atoms. The number of aliphatic hydroxyl groups is 1. The lowest BCUT2D eigenvalue weighted by molar-refractivity contribution is 0.0711. The van der Waals surface area contributed by atoms with Crippen LogP contribution >= 0.6 is 0 Å². The third kappa shape index (κ3) is 2.97. The molecule has 1 saturated carbocycles. The summed E-state index contributed by atoms with van der Waals surface area (Å²) >= 11 is 0. The highest BCUT2D eigenvalue weighted by atomic mass is 16.5. The number of hydrogen-bond acceptors (Lipinski definition) is 3. The topological polar surface area (TPSA) is 42.4 Å². The highest BCUT2D eigenvalue weighted by molar-refractivity contribution is 5.20. The van der Waals surface area contributed by atoms with Gasteiger partial charge in [0.15, 0.2) is 0 Å². The molecule has 0 aliphatic heterocycles. The fourth-order valence-corrected chi connectivity index (χ4v) is 2.73. The van der Waals surface area contributed by atoms with Gasteiger partial charge in [-0.15, -0.1) is 0 Å². The van der Waals surface area contributed by atoms with E-state index in [4.69, 9.17) is 4.74 Å². The van der Waals surface area contributed by atoms with Crippen molar-refractivity contribution in [1.29, 1.82) is 0 Å². The molecule has 0 radical (unpaired) electrons. The quantitative estimate of drug-likeness (QED) is 0.875. The van der Waals surface area contributed by atoms with Crippen LogP contribution in [-0.2, 0) is 0 Å². The van der Waals surface area contributed by atoms with Crippen LogP contribution in [0.5, 0.6) is 5.88 Å². The Morgan fingerprint density at radius 1 is 1.41 bits per heavy atom. The van der Waals surface area contributed by atoms with E-state index in [-0.39, 0.29) is 6.10 Å². The predicted octanol–water partition coefficient (Wildman–Crippen LogP) is 2.95. The van der Waals surface area contributed by atoms with Crippen LogP contribution in [0.4, 0.5) is 0 Å². The first-order valence-corrected chi connectivity index (χ1v) is 6.38. The van der Waals surface area contributed by atoms with E-state index in [0.717, 1.165) is 24.3 Å². The van der Waals surface area contributed by atoms with Gasteiger partial charge >= 0.3 is 0 Å². The standard InChI is InChI=1S/C14H21NO2/c1-10-4-3-5-11(8-10)14(16)12-6-7-13(17-2)15-9-12/h6-7,9-11,14,16H,3-5,8H2,1-2H3. The van der Waals surface area contributed by atoms with Crippen LogP contribution < -0.4 is 4.74 Å². The van der Waals surface area contributed by atoms with Crippen molar-refractivity contribution in [2.45, 2.75) is 38.7 Å². The van der Waals surface area contributed by atoms with Crippen molar-refractivity contribution in [3.63, 3.8) is 0 Å². The Morgan fingerprint density at radius 2 is 2.24 bits per heavy atom. The average Bonchev–Trinajstić information content (AvgIpc) is 2.38. The molecule has 17 heavy (non-hydrogen) atoms. The number of rotatable bonds is 3. The summed E-state index contributed by atoms with van der Waals surface area (Å²) in [7, 11) is 1.60. The summed E-state index contributed by atoms with van der Waals surface area (Å²) in [5, 5.41) is 10.3. The zero-order valence-corrected chi connectivity index (χ0v) is 10.6. The zero-order chi connectivity index (χ0) is 12.3. The Labute approximate surface area is 103 Å². The van der Waals surface area contributed by atoms with Gasteiger partial charge in [-0.05, 0) is 36.3 Å². The second kappa shape index (κ2) is 5.50. The highest BCUT2D eigenvalue weighted by Gasteiger charge is 2.26. The smallest absolute Gasteiger partial charge is 0.212 e. The van der Waals surface area contributed by atoms with Crippen molar-refractivity contribution in [1.82, 2.24) is 4.98 Å². The molecule has 0 spiro atoms. The van der Waals surface area contributed by atoms with E-state index >= 15 is 0 Å². The number of nitrogens with zero attached hydrogens (tertiary/aromatic N) is 1. The number of hydrogen-bond donors (Lipinski definition) is 1. The monoisotopic (exact) mass is 235 g/mol. The molecule has 3 heteroatoms. The molecule has 1 aliphatic carbocycles. The molecular formula is C14H21NO2. The molecule has 1 aromatic heterocycles. The fourth-order valence-electron chi connectivity index (χ4n) is 2.73. The van der Waals surface area contributed by atoms with Gasteiger partial charge in [-0.25, -0.2) is 4.98 Å². The van der Waals surface area contributed by atoms with Crippen LogP contribution in [0, 0.1) is 11.8 Å². The van der Waals surface area contributed by atoms with Gasteiger partial charge in [0.05, 0.1) is 13.2 Å². The maximum atomic E-state index is 10.3. The molecule has 3 atom stereocenters. The molecule has 1 fully saturated rings. The SMILES string of the molecule is COc1ccc(C(O)C2CCCC(C)C2)cn1. The van der Waals surface area contributed by atoms with Crippen molar-refractivity contribution in [3.05, 3.63) is 23.9 Å². The third-order valence-corrected chi connectivity index (χ3v) is 3.73. The lowest BCUT2D eigenvalue weighted by Crippen LogP contribution is -2.20. The maximum Gasteiger partial charge on any atom is 0.212 e. The van der Waals surface area contributed by atoms with Gasteiger partial charge in [-0.1, -0.05) is 19.8 Å². The summed E-state index contributed by atoms with van der Waals surface area (Å²) < 4.78 is 5.02. The summed E-state index contributed by atoms with van der Waals surface area (Å²) in [5.41, 5.74) is 0.907. The molecule has 3 unspecified atom stereocenters. The Morgan fingerprint density at radius 3 is 2.82 bits per heavy atom. The highest BCUT2D eigenvalue weighted by Crippen LogP contribution is 2.36. The number of ether oxygens (including phenoxy) is 1. The van der Waals surface area contributed by atoms with Gasteiger partial charge in [0.2, 0.25) is 5.88 Å². The van der Waals surface area contributed by atoms with Crippen molar-refractivity contribution >= 4 is 0 Å². The average molecular weight is 235 g/mol. The first kappa shape index (κ1) is 12.4. The van der Waals surface area contributed by atoms with Crippen LogP contribution in [0.2, 0.25) is 0 Å². The normalized spacial score (nSPS) is 26.5. The van der Waals surface area contributed by atoms with Gasteiger partial charge in [0.25, 0.3) is 0 Å². The summed E-state index contributed by atoms with van der Waals surface area (Å²) in [4.78, 5) is 4.15. The van der Waals surface area contributed by atoms with Gasteiger partial charge in [-0.2, -0.15) is 0 Å². The third-order valence-electron chi connectivity index (χ3n) is 3.73. The zero-order valence-electron chi connectivity index (χ0n) is 10.6. The fraction of sp³-hybridized carbons (Fsp3) is 0.643. The first-order chi connectivity index (χ1) is 8.20. The molecule has 1 heterocycles. The van der Waals surface area contributed by atoms with Crippen LogP contribution in [0.25, 0.3) is 0 Å². The second-order valence-corrected chi connectivity index (χ2v) is 5.11. The lowest BCUT2D eigenvalue weighted by atomic mass is 9.78. The molecular weight excluding hydrogens is 214 g/mol. The largest absolute Gasteiger partial charge is 0.481 e. The van der Waals surface area contributed by atoms with Crippen LogP contribution in [0.3, 0.4) is 0 Å². The number of pyridine rings is 1. The first-order valence-electron chi connectivity index (χ1n) is 6.38. The minimum Gasteiger partial charge on any atom is -0.481 e. The van der Waals surface area contributed by atoms with E-state index in [9.17, 15) is 5.11 Å². The lowest BCUT2D eigenvalue weighted by Gasteiger charge is -2.30. The minimum absolute atomic E-state index is 0.379. The van der Waals surface area contributed by atoms with E-state index in [0.29, 0.717) is 11.8 Å². The summed E-state index contributed by atoms with van der Waals surface area (Å²) in [6.07, 6.45) is 6.11. The predicted molar refractivity (Wildman–Crippen MR) is 66.9 cm³/mol. The Hall–Kier alpha value is -1.09. The van der Waals surface area contributed by atoms with Crippen molar-refractivity contribution in [2.75, 3.05) is 7.11 Å². The molecule has 1 N–H and O–H groups in total. The van der Waals surface area contributed by atoms with Gasteiger partial charge < -0.3 is 9.84 Å². The molecule has 1 aromatic rings. The Kier molecular flexibility index (Phi) is 4.00. The second-order valence-electron chi connectivity index (χ2n) is 5.11. The summed E-state index contributed by atoms with van der Waals surface area (Å²) in [6.45, 7) is 2.27. The molecule has 1 aliphatic rings. The van der Waals surface area contributed by atoms with Gasteiger partial charge in [0.1, 0.15) is 0 Å². The van der Waals surface area contributed by atoms with Crippen molar-refractivity contribution in [2.24, 2.45) is 11.8 Å². The summed E-state index contributed by atoms with van der Waals surface area (Å²) in [6, 6.07) is 3.72. The molecule has 3 nitrogen and oxygen atoms in total. The number of aliphatic hydroxyl groups excluding tert-OH is 1. The maximum absolute atomic E-state index is 10.3. The van der Waals surface area contributed by atoms with E-state index in [1.165, 1.54) is 12.8 Å². The van der Waals surface area contributed by atoms with Crippen LogP contribution in [0.1, 0.15) is 44.3 Å². The molecule has 0 aromatic carbocycles. The summed E-state index contributed by atoms with van der Waals surface area (Å²) in [5.74, 6) is 1.71. The Balaban J connectivity index is 2.04. The van der Waals surface area contributed by atoms with E-state index < -0.39 is 0 Å². The molecule has 0 amide bonds. The van der Waals surface area contributed by atoms with Gasteiger partial charge in [-0.3, -0.25) is 0 Å². The van der Waals surface area contributed by atoms with E-state index in [1.807, 2.05) is 12.1 Å². The molecule has 0 saturated heterocycles. The molecule has 94 valence electrons. The van der Waals surface area contributed by atoms with Gasteiger partial charge in [0, 0.05) is 12.3 Å². The Bertz CT molecular complexity index is 350. The molecule has 2 rings (SSSR count). The van der Waals surface area contributed by atoms with E-state index in [2.05, 4.69) is 11.9 Å². The van der Waals surface area contributed by atoms with Crippen LogP contribution in [-0.4, -0.2) is 17.2 Å². The van der Waals surface area contributed by atoms with E-state index in [1.54, 1.807) is 13.3 Å². The van der Waals surface area contributed by atoms with Crippen molar-refractivity contribution < 1.29 is 9.84 Å². The number of methoxy groups -OCH3 is 1.